The maximum Gasteiger partial charge on any atom is 0.239 e. The van der Waals surface area contributed by atoms with E-state index in [0.717, 1.165) is 19.5 Å². The highest BCUT2D eigenvalue weighted by atomic mass is 16.2. The lowest BCUT2D eigenvalue weighted by molar-refractivity contribution is -0.136. The van der Waals surface area contributed by atoms with Gasteiger partial charge in [-0.2, -0.15) is 0 Å². The van der Waals surface area contributed by atoms with Gasteiger partial charge in [-0.3, -0.25) is 14.5 Å². The first-order chi connectivity index (χ1) is 10.5. The van der Waals surface area contributed by atoms with Gasteiger partial charge in [0.2, 0.25) is 11.8 Å². The molecule has 5 nitrogen and oxygen atoms in total. The van der Waals surface area contributed by atoms with Crippen molar-refractivity contribution in [1.82, 2.24) is 15.1 Å². The van der Waals surface area contributed by atoms with Crippen molar-refractivity contribution in [3.63, 3.8) is 0 Å². The zero-order valence-electron chi connectivity index (χ0n) is 13.2. The van der Waals surface area contributed by atoms with Crippen molar-refractivity contribution < 1.29 is 9.59 Å². The zero-order valence-corrected chi connectivity index (χ0v) is 13.2. The van der Waals surface area contributed by atoms with Crippen molar-refractivity contribution in [2.45, 2.75) is 25.9 Å². The second kappa shape index (κ2) is 6.08. The average molecular weight is 301 g/mol. The Bertz CT molecular complexity index is 587. The highest BCUT2D eigenvalue weighted by Gasteiger charge is 2.39. The number of rotatable bonds is 2. The maximum absolute atomic E-state index is 12.5. The third kappa shape index (κ3) is 3.14. The minimum absolute atomic E-state index is 0.0151. The molecule has 1 N–H and O–H groups in total. The lowest BCUT2D eigenvalue weighted by atomic mass is 9.91. The van der Waals surface area contributed by atoms with Gasteiger partial charge in [-0.1, -0.05) is 29.8 Å². The van der Waals surface area contributed by atoms with Crippen LogP contribution in [0.4, 0.5) is 0 Å². The lowest BCUT2D eigenvalue weighted by Gasteiger charge is -2.37. The van der Waals surface area contributed by atoms with Crippen LogP contribution < -0.4 is 5.32 Å². The van der Waals surface area contributed by atoms with Crippen LogP contribution in [-0.2, 0) is 16.1 Å². The molecule has 2 aliphatic rings. The molecule has 0 aliphatic carbocycles. The molecule has 0 radical (unpaired) electrons. The van der Waals surface area contributed by atoms with Gasteiger partial charge in [-0.15, -0.1) is 0 Å². The van der Waals surface area contributed by atoms with Crippen LogP contribution >= 0.6 is 0 Å². The Kier molecular flexibility index (Phi) is 4.16. The first-order valence-corrected chi connectivity index (χ1v) is 7.85. The van der Waals surface area contributed by atoms with Gasteiger partial charge in [0.05, 0.1) is 12.5 Å². The molecule has 0 saturated carbocycles. The summed E-state index contributed by atoms with van der Waals surface area (Å²) in [6.45, 7) is 4.74. The molecule has 22 heavy (non-hydrogen) atoms. The van der Waals surface area contributed by atoms with E-state index in [9.17, 15) is 9.59 Å². The molecule has 2 amide bonds. The molecule has 118 valence electrons. The van der Waals surface area contributed by atoms with Crippen LogP contribution in [0.1, 0.15) is 17.5 Å². The summed E-state index contributed by atoms with van der Waals surface area (Å²) in [6, 6.07) is 8.47. The highest BCUT2D eigenvalue weighted by molar-refractivity contribution is 5.89. The predicted molar refractivity (Wildman–Crippen MR) is 84.1 cm³/mol. The second-order valence-electron chi connectivity index (χ2n) is 6.49. The Morgan fingerprint density at radius 3 is 2.91 bits per heavy atom. The number of carbonyl (C=O) groups is 2. The molecule has 1 aromatic carbocycles. The van der Waals surface area contributed by atoms with Crippen LogP contribution in [0.25, 0.3) is 0 Å². The molecule has 5 heteroatoms. The third-order valence-corrected chi connectivity index (χ3v) is 4.61. The standard InChI is InChI=1S/C17H23N3O2/c1-12-4-3-5-13(8-12)9-20-7-6-15-14(10-20)17(22)19(2)11-16(21)18-15/h3-5,8,14-15H,6-7,9-11H2,1-2H3,(H,18,21)/t14-,15+/m0/s1. The first kappa shape index (κ1) is 15.0. The van der Waals surface area contributed by atoms with Crippen LogP contribution in [0.15, 0.2) is 24.3 Å². The van der Waals surface area contributed by atoms with E-state index >= 15 is 0 Å². The molecule has 2 fully saturated rings. The van der Waals surface area contributed by atoms with Crippen molar-refractivity contribution in [2.24, 2.45) is 5.92 Å². The van der Waals surface area contributed by atoms with Gasteiger partial charge in [0.15, 0.2) is 0 Å². The largest absolute Gasteiger partial charge is 0.351 e. The molecule has 0 spiro atoms. The van der Waals surface area contributed by atoms with Gasteiger partial charge < -0.3 is 10.2 Å². The van der Waals surface area contributed by atoms with Gasteiger partial charge in [0.25, 0.3) is 0 Å². The van der Waals surface area contributed by atoms with Crippen LogP contribution in [0.3, 0.4) is 0 Å². The number of benzene rings is 1. The molecule has 2 atom stereocenters. The van der Waals surface area contributed by atoms with Crippen LogP contribution in [0.5, 0.6) is 0 Å². The van der Waals surface area contributed by atoms with Crippen molar-refractivity contribution >= 4 is 11.8 Å². The number of fused-ring (bicyclic) bond motifs is 1. The normalized spacial score (nSPS) is 26.4. The van der Waals surface area contributed by atoms with Gasteiger partial charge in [-0.05, 0) is 18.9 Å². The molecular weight excluding hydrogens is 278 g/mol. The average Bonchev–Trinajstić information content (AvgIpc) is 2.57. The number of amides is 2. The summed E-state index contributed by atoms with van der Waals surface area (Å²) in [5.41, 5.74) is 2.53. The Hall–Kier alpha value is -1.88. The SMILES string of the molecule is Cc1cccc(CN2CC[C@H]3NC(=O)CN(C)C(=O)[C@H]3C2)c1. The number of likely N-dealkylation sites (tertiary alicyclic amines) is 1. The van der Waals surface area contributed by atoms with Crippen LogP contribution in [-0.4, -0.2) is 54.3 Å². The van der Waals surface area contributed by atoms with Crippen LogP contribution in [0, 0.1) is 12.8 Å². The monoisotopic (exact) mass is 301 g/mol. The van der Waals surface area contributed by atoms with Gasteiger partial charge in [0.1, 0.15) is 0 Å². The topological polar surface area (TPSA) is 52.7 Å². The van der Waals surface area contributed by atoms with E-state index in [1.165, 1.54) is 11.1 Å². The first-order valence-electron chi connectivity index (χ1n) is 7.85. The molecule has 0 bridgehead atoms. The Balaban J connectivity index is 1.71. The Labute approximate surface area is 131 Å². The fourth-order valence-corrected chi connectivity index (χ4v) is 3.48. The van der Waals surface area contributed by atoms with Crippen molar-refractivity contribution in [1.29, 1.82) is 0 Å². The molecule has 0 aromatic heterocycles. The van der Waals surface area contributed by atoms with E-state index in [1.807, 2.05) is 0 Å². The highest BCUT2D eigenvalue weighted by Crippen LogP contribution is 2.23. The molecular formula is C17H23N3O2. The minimum Gasteiger partial charge on any atom is -0.351 e. The van der Waals surface area contributed by atoms with E-state index in [1.54, 1.807) is 11.9 Å². The van der Waals surface area contributed by atoms with Gasteiger partial charge >= 0.3 is 0 Å². The van der Waals surface area contributed by atoms with Crippen LogP contribution in [0.2, 0.25) is 0 Å². The van der Waals surface area contributed by atoms with Crippen molar-refractivity contribution in [2.75, 3.05) is 26.7 Å². The summed E-state index contributed by atoms with van der Waals surface area (Å²) in [5, 5.41) is 3.01. The van der Waals surface area contributed by atoms with E-state index in [0.29, 0.717) is 6.54 Å². The van der Waals surface area contributed by atoms with Gasteiger partial charge in [-0.25, -0.2) is 0 Å². The number of aryl methyl sites for hydroxylation is 1. The minimum atomic E-state index is -0.130. The Morgan fingerprint density at radius 2 is 2.14 bits per heavy atom. The molecule has 1 aromatic rings. The molecule has 2 heterocycles. The lowest BCUT2D eigenvalue weighted by Crippen LogP contribution is -2.52. The predicted octanol–water partition coefficient (Wildman–Crippen LogP) is 0.774. The number of carbonyl (C=O) groups excluding carboxylic acids is 2. The summed E-state index contributed by atoms with van der Waals surface area (Å²) in [5.74, 6) is -0.0946. The fraction of sp³-hybridized carbons (Fsp3) is 0.529. The van der Waals surface area contributed by atoms with E-state index in [-0.39, 0.29) is 30.3 Å². The summed E-state index contributed by atoms with van der Waals surface area (Å²) in [6.07, 6.45) is 0.835. The quantitative estimate of drug-likeness (QED) is 0.878. The number of likely N-dealkylation sites (N-methyl/N-ethyl adjacent to an activating group) is 1. The summed E-state index contributed by atoms with van der Waals surface area (Å²) < 4.78 is 0. The molecule has 0 unspecified atom stereocenters. The Morgan fingerprint density at radius 1 is 1.32 bits per heavy atom. The van der Waals surface area contributed by atoms with E-state index in [4.69, 9.17) is 0 Å². The van der Waals surface area contributed by atoms with Crippen molar-refractivity contribution in [3.8, 4) is 0 Å². The molecule has 3 rings (SSSR count). The maximum atomic E-state index is 12.5. The summed E-state index contributed by atoms with van der Waals surface area (Å²) >= 11 is 0. The van der Waals surface area contributed by atoms with Crippen molar-refractivity contribution in [3.05, 3.63) is 35.4 Å². The van der Waals surface area contributed by atoms with E-state index in [2.05, 4.69) is 41.4 Å². The summed E-state index contributed by atoms with van der Waals surface area (Å²) in [7, 11) is 1.71. The fourth-order valence-electron chi connectivity index (χ4n) is 3.48. The zero-order chi connectivity index (χ0) is 15.7. The number of hydrogen-bond donors (Lipinski definition) is 1. The summed E-state index contributed by atoms with van der Waals surface area (Å²) in [4.78, 5) is 28.1. The molecule has 2 aliphatic heterocycles. The number of nitrogens with one attached hydrogen (secondary N) is 1. The van der Waals surface area contributed by atoms with Gasteiger partial charge in [0, 0.05) is 32.7 Å². The number of nitrogens with zero attached hydrogens (tertiary/aromatic N) is 2. The number of piperidine rings is 1. The third-order valence-electron chi connectivity index (χ3n) is 4.61. The molecule has 2 saturated heterocycles. The van der Waals surface area contributed by atoms with E-state index < -0.39 is 0 Å². The smallest absolute Gasteiger partial charge is 0.239 e. The number of hydrogen-bond acceptors (Lipinski definition) is 3. The second-order valence-corrected chi connectivity index (χ2v) is 6.49.